The summed E-state index contributed by atoms with van der Waals surface area (Å²) in [4.78, 5) is 24.7. The maximum absolute atomic E-state index is 12.4. The lowest BCUT2D eigenvalue weighted by molar-refractivity contribution is -0.161. The number of unbranched alkanes of at least 4 members (excludes halogenated alkanes) is 51. The summed E-state index contributed by atoms with van der Waals surface area (Å²) < 4.78 is 10.8. The van der Waals surface area contributed by atoms with E-state index >= 15 is 0 Å². The van der Waals surface area contributed by atoms with Crippen molar-refractivity contribution in [2.45, 2.75) is 424 Å². The molecule has 0 radical (unpaired) electrons. The minimum Gasteiger partial charge on any atom is -0.462 e. The first kappa shape index (κ1) is 87.8. The lowest BCUT2D eigenvalue weighted by atomic mass is 10.0. The molecular weight excluding hydrogens is 1110 g/mol. The van der Waals surface area contributed by atoms with Gasteiger partial charge < -0.3 is 14.6 Å². The number of aliphatic hydroxyl groups excluding tert-OH is 1. The molecule has 0 aliphatic carbocycles. The first-order valence-corrected chi connectivity index (χ1v) is 40.3. The number of esters is 2. The second-order valence-corrected chi connectivity index (χ2v) is 27.1. The summed E-state index contributed by atoms with van der Waals surface area (Å²) >= 11 is 0. The fourth-order valence-corrected chi connectivity index (χ4v) is 12.2. The van der Waals surface area contributed by atoms with Crippen LogP contribution in [-0.4, -0.2) is 36.4 Å². The second kappa shape index (κ2) is 81.1. The van der Waals surface area contributed by atoms with Gasteiger partial charge in [0.1, 0.15) is 6.61 Å². The smallest absolute Gasteiger partial charge is 0.306 e. The number of carbonyl (C=O) groups excluding carboxylic acids is 2. The van der Waals surface area contributed by atoms with Crippen molar-refractivity contribution < 1.29 is 24.2 Å². The number of carbonyl (C=O) groups is 2. The largest absolute Gasteiger partial charge is 0.462 e. The minimum atomic E-state index is -0.777. The number of aliphatic hydroxyl groups is 1. The Hall–Kier alpha value is -3.18. The van der Waals surface area contributed by atoms with Gasteiger partial charge in [-0.3, -0.25) is 9.59 Å². The van der Waals surface area contributed by atoms with Crippen molar-refractivity contribution in [1.82, 2.24) is 0 Å². The molecule has 0 aromatic carbocycles. The van der Waals surface area contributed by atoms with Gasteiger partial charge in [0.25, 0.3) is 0 Å². The van der Waals surface area contributed by atoms with Crippen LogP contribution in [0, 0.1) is 0 Å². The first-order valence-electron chi connectivity index (χ1n) is 40.3. The lowest BCUT2D eigenvalue weighted by Gasteiger charge is -2.15. The van der Waals surface area contributed by atoms with Gasteiger partial charge in [0.15, 0.2) is 6.10 Å². The zero-order valence-corrected chi connectivity index (χ0v) is 60.9. The Morgan fingerprint density at radius 3 is 0.714 bits per heavy atom. The van der Waals surface area contributed by atoms with Crippen LogP contribution in [0.3, 0.4) is 0 Å². The van der Waals surface area contributed by atoms with Crippen molar-refractivity contribution in [2.24, 2.45) is 0 Å². The molecule has 0 amide bonds. The topological polar surface area (TPSA) is 72.8 Å². The number of hydrogen-bond donors (Lipinski definition) is 1. The summed E-state index contributed by atoms with van der Waals surface area (Å²) in [5.41, 5.74) is 0. The van der Waals surface area contributed by atoms with Crippen molar-refractivity contribution in [3.63, 3.8) is 0 Å². The quantitative estimate of drug-likeness (QED) is 0.0373. The molecule has 0 fully saturated rings. The molecule has 1 N–H and O–H groups in total. The molecule has 0 bridgehead atoms. The maximum atomic E-state index is 12.4. The van der Waals surface area contributed by atoms with E-state index in [0.29, 0.717) is 12.8 Å². The van der Waals surface area contributed by atoms with Crippen LogP contribution in [0.4, 0.5) is 0 Å². The summed E-state index contributed by atoms with van der Waals surface area (Å²) in [6.07, 6.45) is 116. The molecule has 5 nitrogen and oxygen atoms in total. The van der Waals surface area contributed by atoms with Gasteiger partial charge >= 0.3 is 11.9 Å². The van der Waals surface area contributed by atoms with Crippen LogP contribution in [0.2, 0.25) is 0 Å². The molecular formula is C86H154O5. The number of ether oxygens (including phenoxy) is 2. The number of rotatable bonds is 75. The highest BCUT2D eigenvalue weighted by Crippen LogP contribution is 2.20. The van der Waals surface area contributed by atoms with E-state index in [1.54, 1.807) is 0 Å². The lowest BCUT2D eigenvalue weighted by Crippen LogP contribution is -2.28. The van der Waals surface area contributed by atoms with Gasteiger partial charge in [-0.2, -0.15) is 0 Å². The van der Waals surface area contributed by atoms with Crippen molar-refractivity contribution in [3.8, 4) is 0 Å². The van der Waals surface area contributed by atoms with Crippen LogP contribution >= 0.6 is 0 Å². The van der Waals surface area contributed by atoms with Crippen LogP contribution in [0.25, 0.3) is 0 Å². The van der Waals surface area contributed by atoms with E-state index < -0.39 is 6.10 Å². The fourth-order valence-electron chi connectivity index (χ4n) is 12.2. The molecule has 0 aliphatic heterocycles. The van der Waals surface area contributed by atoms with Crippen LogP contribution in [0.5, 0.6) is 0 Å². The molecule has 0 spiro atoms. The summed E-state index contributed by atoms with van der Waals surface area (Å²) in [5, 5.41) is 9.73. The molecule has 0 rings (SSSR count). The van der Waals surface area contributed by atoms with E-state index in [9.17, 15) is 14.7 Å². The normalized spacial score (nSPS) is 12.7. The van der Waals surface area contributed by atoms with Gasteiger partial charge in [0.05, 0.1) is 6.61 Å². The summed E-state index contributed by atoms with van der Waals surface area (Å²) in [6, 6.07) is 0. The van der Waals surface area contributed by atoms with Gasteiger partial charge in [-0.25, -0.2) is 0 Å². The molecule has 0 aromatic heterocycles. The van der Waals surface area contributed by atoms with Crippen molar-refractivity contribution in [2.75, 3.05) is 13.2 Å². The Bertz CT molecular complexity index is 1680. The number of allylic oxidation sites excluding steroid dienone is 16. The molecule has 0 saturated heterocycles. The molecule has 5 heteroatoms. The predicted octanol–water partition coefficient (Wildman–Crippen LogP) is 28.5. The summed E-state index contributed by atoms with van der Waals surface area (Å²) in [7, 11) is 0. The number of hydrogen-bond acceptors (Lipinski definition) is 5. The third-order valence-corrected chi connectivity index (χ3v) is 18.1. The van der Waals surface area contributed by atoms with E-state index in [-0.39, 0.29) is 25.2 Å². The van der Waals surface area contributed by atoms with Crippen LogP contribution in [0.1, 0.15) is 418 Å². The van der Waals surface area contributed by atoms with Gasteiger partial charge in [-0.05, 0) is 77.0 Å². The molecule has 0 aliphatic rings. The fraction of sp³-hybridized carbons (Fsp3) is 0.791. The average molecular weight is 1270 g/mol. The van der Waals surface area contributed by atoms with Gasteiger partial charge in [0, 0.05) is 12.8 Å². The third kappa shape index (κ3) is 79.2. The molecule has 0 aromatic rings. The Labute approximate surface area is 568 Å². The van der Waals surface area contributed by atoms with E-state index in [2.05, 4.69) is 111 Å². The molecule has 0 saturated carbocycles. The average Bonchev–Trinajstić information content (AvgIpc) is 3.67. The summed E-state index contributed by atoms with van der Waals surface area (Å²) in [6.45, 7) is 4.08. The van der Waals surface area contributed by atoms with Crippen molar-refractivity contribution in [3.05, 3.63) is 97.2 Å². The van der Waals surface area contributed by atoms with E-state index in [1.165, 1.54) is 302 Å². The Kier molecular flexibility index (Phi) is 78.2. The first-order chi connectivity index (χ1) is 45.1. The van der Waals surface area contributed by atoms with Gasteiger partial charge in [-0.1, -0.05) is 426 Å². The zero-order valence-electron chi connectivity index (χ0n) is 60.9. The molecule has 1 unspecified atom stereocenters. The highest BCUT2D eigenvalue weighted by Gasteiger charge is 2.16. The molecule has 0 heterocycles. The molecule has 528 valence electrons. The van der Waals surface area contributed by atoms with E-state index in [4.69, 9.17) is 9.47 Å². The Morgan fingerprint density at radius 1 is 0.264 bits per heavy atom. The minimum absolute atomic E-state index is 0.0641. The Balaban J connectivity index is 3.42. The van der Waals surface area contributed by atoms with Gasteiger partial charge in [-0.15, -0.1) is 0 Å². The zero-order chi connectivity index (χ0) is 65.4. The van der Waals surface area contributed by atoms with E-state index in [1.807, 2.05) is 0 Å². The standard InChI is InChI=1S/C86H154O5/c1-3-5-7-9-11-13-15-17-19-21-23-25-27-29-31-33-35-37-39-41-43-45-47-49-51-53-55-57-59-61-63-65-67-69-71-73-75-77-79-81-86(89)91-84(82-87)83-90-85(88)80-78-76-74-72-70-68-66-64-62-60-58-56-54-52-50-48-46-44-42-40-38-36-34-32-30-28-26-24-22-20-18-16-14-12-10-8-6-4-2/h5,7,11,13,17,19,23,25,29,31,35,37,41,43,47,49,84,87H,3-4,6,8-10,12,14-16,18,20-22,24,26-28,30,32-34,36,38-40,42,44-46,48,50-83H2,1-2H3/b7-5-,13-11-,19-17-,25-23-,31-29-,37-35-,43-41-,49-47-. The highest BCUT2D eigenvalue weighted by atomic mass is 16.6. The van der Waals surface area contributed by atoms with Crippen LogP contribution in [-0.2, 0) is 19.1 Å². The predicted molar refractivity (Wildman–Crippen MR) is 403 cm³/mol. The van der Waals surface area contributed by atoms with Gasteiger partial charge in [0.2, 0.25) is 0 Å². The van der Waals surface area contributed by atoms with E-state index in [0.717, 1.165) is 89.9 Å². The monoisotopic (exact) mass is 1270 g/mol. The molecule has 91 heavy (non-hydrogen) atoms. The second-order valence-electron chi connectivity index (χ2n) is 27.1. The Morgan fingerprint density at radius 2 is 0.473 bits per heavy atom. The SMILES string of the molecule is CC/C=C\C/C=C\C/C=C\C/C=C\C/C=C\C/C=C\C/C=C\C/C=C\CCCCCCCCCCCCCCCCC(=O)OC(CO)COC(=O)CCCCCCCCCCCCCCCCCCCCCCCCCCCCCCCCCCCCCCCC. The maximum Gasteiger partial charge on any atom is 0.306 e. The van der Waals surface area contributed by atoms with Crippen molar-refractivity contribution >= 4 is 11.9 Å². The molecule has 1 atom stereocenters. The van der Waals surface area contributed by atoms with Crippen molar-refractivity contribution in [1.29, 1.82) is 0 Å². The highest BCUT2D eigenvalue weighted by molar-refractivity contribution is 5.70. The third-order valence-electron chi connectivity index (χ3n) is 18.1. The van der Waals surface area contributed by atoms with Crippen LogP contribution in [0.15, 0.2) is 97.2 Å². The summed E-state index contributed by atoms with van der Waals surface area (Å²) in [5.74, 6) is -0.573. The van der Waals surface area contributed by atoms with Crippen LogP contribution < -0.4 is 0 Å².